The fraction of sp³-hybridized carbons (Fsp3) is 0.400. The molecule has 11 heteroatoms. The lowest BCUT2D eigenvalue weighted by atomic mass is 9.84. The first kappa shape index (κ1) is 22.8. The van der Waals surface area contributed by atoms with Crippen molar-refractivity contribution in [3.63, 3.8) is 0 Å². The van der Waals surface area contributed by atoms with E-state index in [0.29, 0.717) is 25.7 Å². The molecule has 7 nitrogen and oxygen atoms in total. The predicted octanol–water partition coefficient (Wildman–Crippen LogP) is 3.06. The van der Waals surface area contributed by atoms with Gasteiger partial charge in [0.1, 0.15) is 24.0 Å². The minimum atomic E-state index is -3.48. The minimum Gasteiger partial charge on any atom is -0.382 e. The van der Waals surface area contributed by atoms with E-state index in [1.807, 2.05) is 6.92 Å². The fourth-order valence-corrected chi connectivity index (χ4v) is 3.32. The molecule has 0 spiro atoms. The summed E-state index contributed by atoms with van der Waals surface area (Å²) >= 11 is 0. The third-order valence-electron chi connectivity index (χ3n) is 4.83. The van der Waals surface area contributed by atoms with Crippen LogP contribution in [-0.4, -0.2) is 49.9 Å². The number of aromatic nitrogens is 5. The van der Waals surface area contributed by atoms with Gasteiger partial charge >= 0.3 is 0 Å². The van der Waals surface area contributed by atoms with Crippen molar-refractivity contribution in [2.75, 3.05) is 13.2 Å². The Morgan fingerprint density at radius 1 is 1.19 bits per heavy atom. The molecule has 0 bridgehead atoms. The van der Waals surface area contributed by atoms with Crippen molar-refractivity contribution in [3.05, 3.63) is 71.3 Å². The van der Waals surface area contributed by atoms with Crippen molar-refractivity contribution in [1.82, 2.24) is 25.2 Å². The van der Waals surface area contributed by atoms with Gasteiger partial charge < -0.3 is 9.84 Å². The van der Waals surface area contributed by atoms with Gasteiger partial charge in [0.2, 0.25) is 0 Å². The summed E-state index contributed by atoms with van der Waals surface area (Å²) in [4.78, 5) is 4.21. The Morgan fingerprint density at radius 3 is 2.58 bits per heavy atom. The normalized spacial score (nSPS) is 14.5. The minimum absolute atomic E-state index is 0.0209. The number of tetrazole rings is 1. The van der Waals surface area contributed by atoms with Crippen LogP contribution in [-0.2, 0) is 16.8 Å². The molecule has 2 atom stereocenters. The Hall–Kier alpha value is -2.92. The standard InChI is InChI=1S/C20H21F4N5O2/c1-2-31-9-3-4-13-5-8-17(25-11-13)18(29-12-26-27-28-29)20(30,19(23)24)15-7-6-14(21)10-16(15)22/h5-8,10-12,18-19,30H,2-4,9H2,1H3. The summed E-state index contributed by atoms with van der Waals surface area (Å²) in [6.45, 7) is 3.07. The van der Waals surface area contributed by atoms with E-state index in [1.165, 1.54) is 12.3 Å². The molecule has 31 heavy (non-hydrogen) atoms. The van der Waals surface area contributed by atoms with Crippen molar-refractivity contribution in [2.45, 2.75) is 37.8 Å². The topological polar surface area (TPSA) is 86.0 Å². The lowest BCUT2D eigenvalue weighted by molar-refractivity contribution is -0.131. The van der Waals surface area contributed by atoms with Gasteiger partial charge in [-0.1, -0.05) is 6.07 Å². The summed E-state index contributed by atoms with van der Waals surface area (Å²) in [7, 11) is 0. The number of alkyl halides is 2. The van der Waals surface area contributed by atoms with E-state index in [9.17, 15) is 22.7 Å². The Morgan fingerprint density at radius 2 is 2.00 bits per heavy atom. The largest absolute Gasteiger partial charge is 0.382 e. The van der Waals surface area contributed by atoms with E-state index in [0.717, 1.165) is 35.1 Å². The van der Waals surface area contributed by atoms with Crippen molar-refractivity contribution in [1.29, 1.82) is 0 Å². The summed E-state index contributed by atoms with van der Waals surface area (Å²) in [6.07, 6.45) is 0.402. The monoisotopic (exact) mass is 439 g/mol. The quantitative estimate of drug-likeness (QED) is 0.386. The van der Waals surface area contributed by atoms with Crippen LogP contribution in [0.2, 0.25) is 0 Å². The van der Waals surface area contributed by atoms with Gasteiger partial charge in [-0.15, -0.1) is 5.10 Å². The number of hydrogen-bond acceptors (Lipinski definition) is 6. The van der Waals surface area contributed by atoms with Crippen molar-refractivity contribution in [3.8, 4) is 0 Å². The van der Waals surface area contributed by atoms with E-state index in [1.54, 1.807) is 6.07 Å². The molecule has 1 N–H and O–H groups in total. The van der Waals surface area contributed by atoms with Crippen LogP contribution in [0.4, 0.5) is 17.6 Å². The molecular weight excluding hydrogens is 418 g/mol. The molecule has 0 saturated carbocycles. The van der Waals surface area contributed by atoms with Crippen LogP contribution in [0.15, 0.2) is 42.9 Å². The van der Waals surface area contributed by atoms with E-state index >= 15 is 0 Å². The number of pyridine rings is 1. The maximum Gasteiger partial charge on any atom is 0.273 e. The average molecular weight is 439 g/mol. The molecule has 2 unspecified atom stereocenters. The van der Waals surface area contributed by atoms with Gasteiger partial charge in [-0.2, -0.15) is 0 Å². The number of halogens is 4. The fourth-order valence-electron chi connectivity index (χ4n) is 3.32. The molecule has 0 aliphatic heterocycles. The maximum absolute atomic E-state index is 14.5. The molecule has 2 aromatic heterocycles. The Balaban J connectivity index is 2.02. The number of hydrogen-bond donors (Lipinski definition) is 1. The second kappa shape index (κ2) is 9.92. The summed E-state index contributed by atoms with van der Waals surface area (Å²) in [5, 5.41) is 21.6. The highest BCUT2D eigenvalue weighted by Crippen LogP contribution is 2.42. The molecule has 166 valence electrons. The van der Waals surface area contributed by atoms with Crippen LogP contribution >= 0.6 is 0 Å². The number of rotatable bonds is 10. The van der Waals surface area contributed by atoms with Gasteiger partial charge in [0.05, 0.1) is 5.69 Å². The van der Waals surface area contributed by atoms with Crippen LogP contribution in [0.3, 0.4) is 0 Å². The van der Waals surface area contributed by atoms with Crippen molar-refractivity contribution in [2.24, 2.45) is 0 Å². The molecule has 2 heterocycles. The number of ether oxygens (including phenoxy) is 1. The molecule has 3 rings (SSSR count). The summed E-state index contributed by atoms with van der Waals surface area (Å²) in [5.74, 6) is -2.29. The van der Waals surface area contributed by atoms with Crippen LogP contribution in [0.5, 0.6) is 0 Å². The number of nitrogens with zero attached hydrogens (tertiary/aromatic N) is 5. The Labute approximate surface area is 175 Å². The SMILES string of the molecule is CCOCCCc1ccc(C(n2cnnn2)C(O)(c2ccc(F)cc2F)C(F)F)nc1. The van der Waals surface area contributed by atoms with Crippen molar-refractivity contribution < 1.29 is 27.4 Å². The van der Waals surface area contributed by atoms with Gasteiger partial charge in [-0.3, -0.25) is 4.98 Å². The van der Waals surface area contributed by atoms with E-state index in [4.69, 9.17) is 4.74 Å². The number of aryl methyl sites for hydroxylation is 1. The molecular formula is C20H21F4N5O2. The van der Waals surface area contributed by atoms with E-state index in [2.05, 4.69) is 20.5 Å². The first-order valence-corrected chi connectivity index (χ1v) is 9.59. The van der Waals surface area contributed by atoms with Gasteiger partial charge in [0.15, 0.2) is 5.60 Å². The Bertz CT molecular complexity index is 972. The molecule has 0 aliphatic rings. The summed E-state index contributed by atoms with van der Waals surface area (Å²) < 4.78 is 62.5. The van der Waals surface area contributed by atoms with Gasteiger partial charge in [-0.25, -0.2) is 22.2 Å². The molecule has 0 amide bonds. The highest BCUT2D eigenvalue weighted by atomic mass is 19.3. The average Bonchev–Trinajstić information content (AvgIpc) is 3.26. The molecule has 0 saturated heterocycles. The second-order valence-electron chi connectivity index (χ2n) is 6.83. The summed E-state index contributed by atoms with van der Waals surface area (Å²) in [5.41, 5.74) is -3.12. The van der Waals surface area contributed by atoms with Crippen LogP contribution in [0.1, 0.15) is 36.2 Å². The zero-order valence-electron chi connectivity index (χ0n) is 16.6. The molecule has 1 aromatic carbocycles. The molecule has 0 aliphatic carbocycles. The lowest BCUT2D eigenvalue weighted by Gasteiger charge is -2.35. The van der Waals surface area contributed by atoms with Crippen LogP contribution in [0.25, 0.3) is 0 Å². The van der Waals surface area contributed by atoms with E-state index in [-0.39, 0.29) is 5.69 Å². The predicted molar refractivity (Wildman–Crippen MR) is 101 cm³/mol. The summed E-state index contributed by atoms with van der Waals surface area (Å²) in [6, 6.07) is 3.41. The van der Waals surface area contributed by atoms with E-state index < -0.39 is 35.3 Å². The molecule has 0 radical (unpaired) electrons. The van der Waals surface area contributed by atoms with Crippen LogP contribution in [0, 0.1) is 11.6 Å². The highest BCUT2D eigenvalue weighted by molar-refractivity contribution is 5.32. The van der Waals surface area contributed by atoms with Gasteiger partial charge in [0.25, 0.3) is 6.43 Å². The van der Waals surface area contributed by atoms with Crippen molar-refractivity contribution >= 4 is 0 Å². The Kier molecular flexibility index (Phi) is 7.29. The first-order valence-electron chi connectivity index (χ1n) is 9.59. The van der Waals surface area contributed by atoms with Crippen LogP contribution < -0.4 is 0 Å². The smallest absolute Gasteiger partial charge is 0.273 e. The zero-order valence-corrected chi connectivity index (χ0v) is 16.6. The first-order chi connectivity index (χ1) is 14.9. The lowest BCUT2D eigenvalue weighted by Crippen LogP contribution is -2.45. The molecule has 0 fully saturated rings. The highest BCUT2D eigenvalue weighted by Gasteiger charge is 2.51. The van der Waals surface area contributed by atoms with Gasteiger partial charge in [0, 0.05) is 31.0 Å². The van der Waals surface area contributed by atoms with Gasteiger partial charge in [-0.05, 0) is 54.0 Å². The number of aliphatic hydroxyl groups is 1. The molecule has 3 aromatic rings. The second-order valence-corrected chi connectivity index (χ2v) is 6.83. The number of benzene rings is 1. The third-order valence-corrected chi connectivity index (χ3v) is 4.83. The third kappa shape index (κ3) is 4.88. The maximum atomic E-state index is 14.5. The zero-order chi connectivity index (χ0) is 22.4.